The van der Waals surface area contributed by atoms with E-state index in [0.29, 0.717) is 21.7 Å². The lowest BCUT2D eigenvalue weighted by Gasteiger charge is -2.15. The number of halogens is 4. The van der Waals surface area contributed by atoms with Crippen LogP contribution in [0.4, 0.5) is 14.5 Å². The van der Waals surface area contributed by atoms with Crippen LogP contribution in [0.15, 0.2) is 34.9 Å². The molecule has 0 aliphatic rings. The van der Waals surface area contributed by atoms with Crippen LogP contribution in [0.2, 0.25) is 5.02 Å². The minimum Gasteiger partial charge on any atom is -0.431 e. The molecule has 0 saturated carbocycles. The number of alkyl halides is 2. The highest BCUT2D eigenvalue weighted by Crippen LogP contribution is 2.37. The molecule has 20 heavy (non-hydrogen) atoms. The summed E-state index contributed by atoms with van der Waals surface area (Å²) in [4.78, 5) is 0. The second-order valence-electron chi connectivity index (χ2n) is 4.11. The molecule has 1 heterocycles. The predicted octanol–water partition coefficient (Wildman–Crippen LogP) is 4.65. The quantitative estimate of drug-likeness (QED) is 0.834. The Hall–Kier alpha value is -1.27. The van der Waals surface area contributed by atoms with Crippen molar-refractivity contribution in [3.63, 3.8) is 0 Å². The van der Waals surface area contributed by atoms with E-state index in [1.54, 1.807) is 6.07 Å². The van der Waals surface area contributed by atoms with Gasteiger partial charge in [0.2, 0.25) is 0 Å². The van der Waals surface area contributed by atoms with Gasteiger partial charge in [-0.15, -0.1) is 0 Å². The molecule has 2 aromatic rings. The molecular formula is C13H12BrClF2N2O. The lowest BCUT2D eigenvalue weighted by Crippen LogP contribution is -2.08. The third kappa shape index (κ3) is 3.64. The largest absolute Gasteiger partial charge is 0.431 e. The molecule has 2 rings (SSSR count). The molecule has 0 aliphatic heterocycles. The van der Waals surface area contributed by atoms with Gasteiger partial charge in [0.25, 0.3) is 0 Å². The van der Waals surface area contributed by atoms with Crippen molar-refractivity contribution >= 4 is 33.2 Å². The van der Waals surface area contributed by atoms with E-state index in [-0.39, 0.29) is 5.75 Å². The highest BCUT2D eigenvalue weighted by Gasteiger charge is 2.15. The molecule has 7 heteroatoms. The summed E-state index contributed by atoms with van der Waals surface area (Å²) in [6.07, 6.45) is 1.90. The van der Waals surface area contributed by atoms with Crippen molar-refractivity contribution in [2.24, 2.45) is 7.05 Å². The number of hydrogen-bond donors (Lipinski definition) is 1. The summed E-state index contributed by atoms with van der Waals surface area (Å²) in [5.41, 5.74) is 1.41. The highest BCUT2D eigenvalue weighted by atomic mass is 79.9. The van der Waals surface area contributed by atoms with Crippen molar-refractivity contribution in [1.29, 1.82) is 0 Å². The smallest absolute Gasteiger partial charge is 0.387 e. The number of nitrogens with zero attached hydrogens (tertiary/aromatic N) is 1. The topological polar surface area (TPSA) is 26.2 Å². The van der Waals surface area contributed by atoms with Crippen LogP contribution in [0, 0.1) is 0 Å². The number of benzene rings is 1. The minimum absolute atomic E-state index is 0.0404. The maximum atomic E-state index is 12.5. The van der Waals surface area contributed by atoms with Crippen LogP contribution < -0.4 is 10.1 Å². The maximum absolute atomic E-state index is 12.5. The first-order valence-corrected chi connectivity index (χ1v) is 6.92. The molecule has 0 atom stereocenters. The monoisotopic (exact) mass is 364 g/mol. The molecule has 108 valence electrons. The fourth-order valence-electron chi connectivity index (χ4n) is 1.77. The Balaban J connectivity index is 2.23. The highest BCUT2D eigenvalue weighted by molar-refractivity contribution is 9.10. The molecular weight excluding hydrogens is 354 g/mol. The fraction of sp³-hybridized carbons (Fsp3) is 0.231. The Morgan fingerprint density at radius 2 is 2.20 bits per heavy atom. The zero-order valence-electron chi connectivity index (χ0n) is 10.5. The number of aromatic nitrogens is 1. The minimum atomic E-state index is -2.90. The number of hydrogen-bond acceptors (Lipinski definition) is 2. The second-order valence-corrected chi connectivity index (χ2v) is 5.40. The van der Waals surface area contributed by atoms with Gasteiger partial charge in [0.05, 0.1) is 16.7 Å². The van der Waals surface area contributed by atoms with Gasteiger partial charge < -0.3 is 14.6 Å². The number of aryl methyl sites for hydroxylation is 1. The molecule has 1 N–H and O–H groups in total. The molecule has 0 unspecified atom stereocenters. The first-order valence-electron chi connectivity index (χ1n) is 5.75. The first-order chi connectivity index (χ1) is 9.47. The van der Waals surface area contributed by atoms with Gasteiger partial charge in [-0.05, 0) is 40.2 Å². The number of nitrogens with one attached hydrogen (secondary N) is 1. The number of ether oxygens (including phenoxy) is 1. The summed E-state index contributed by atoms with van der Waals surface area (Å²) in [6, 6.07) is 6.89. The average Bonchev–Trinajstić information content (AvgIpc) is 2.76. The summed E-state index contributed by atoms with van der Waals surface area (Å²) < 4.78 is 31.7. The molecule has 1 aromatic carbocycles. The van der Waals surface area contributed by atoms with Crippen LogP contribution in [-0.2, 0) is 13.6 Å². The molecule has 0 saturated heterocycles. The van der Waals surface area contributed by atoms with E-state index in [9.17, 15) is 8.78 Å². The zero-order chi connectivity index (χ0) is 14.7. The van der Waals surface area contributed by atoms with Gasteiger partial charge in [-0.1, -0.05) is 11.6 Å². The summed E-state index contributed by atoms with van der Waals surface area (Å²) in [5.74, 6) is 0.0404. The molecule has 1 aromatic heterocycles. The maximum Gasteiger partial charge on any atom is 0.387 e. The average molecular weight is 366 g/mol. The first kappa shape index (κ1) is 15.1. The molecule has 0 amide bonds. The van der Waals surface area contributed by atoms with Crippen molar-refractivity contribution in [2.45, 2.75) is 13.2 Å². The van der Waals surface area contributed by atoms with Crippen LogP contribution in [0.5, 0.6) is 5.75 Å². The van der Waals surface area contributed by atoms with Crippen molar-refractivity contribution in [1.82, 2.24) is 4.57 Å². The third-order valence-corrected chi connectivity index (χ3v) is 3.53. The van der Waals surface area contributed by atoms with Gasteiger partial charge in [0.15, 0.2) is 5.75 Å². The second kappa shape index (κ2) is 6.45. The van der Waals surface area contributed by atoms with Gasteiger partial charge in [-0.3, -0.25) is 0 Å². The Morgan fingerprint density at radius 3 is 2.80 bits per heavy atom. The van der Waals surface area contributed by atoms with Gasteiger partial charge in [-0.2, -0.15) is 8.78 Å². The number of rotatable bonds is 5. The van der Waals surface area contributed by atoms with Crippen LogP contribution in [0.3, 0.4) is 0 Å². The van der Waals surface area contributed by atoms with E-state index in [2.05, 4.69) is 26.0 Å². The molecule has 0 bridgehead atoms. The Labute approximate surface area is 128 Å². The van der Waals surface area contributed by atoms with E-state index < -0.39 is 6.61 Å². The lowest BCUT2D eigenvalue weighted by atomic mass is 10.3. The van der Waals surface area contributed by atoms with Gasteiger partial charge in [-0.25, -0.2) is 0 Å². The summed E-state index contributed by atoms with van der Waals surface area (Å²) in [7, 11) is 1.90. The molecule has 0 aliphatic carbocycles. The summed E-state index contributed by atoms with van der Waals surface area (Å²) in [6.45, 7) is -2.43. The summed E-state index contributed by atoms with van der Waals surface area (Å²) >= 11 is 9.10. The van der Waals surface area contributed by atoms with E-state index in [1.165, 1.54) is 6.07 Å². The van der Waals surface area contributed by atoms with Crippen molar-refractivity contribution in [3.8, 4) is 5.75 Å². The number of anilines is 1. The van der Waals surface area contributed by atoms with Crippen LogP contribution in [0.1, 0.15) is 5.69 Å². The lowest BCUT2D eigenvalue weighted by molar-refractivity contribution is -0.0498. The van der Waals surface area contributed by atoms with Crippen molar-refractivity contribution in [3.05, 3.63) is 45.7 Å². The SMILES string of the molecule is Cn1cccc1CNc1cc(Cl)cc(Br)c1OC(F)F. The van der Waals surface area contributed by atoms with Crippen molar-refractivity contribution < 1.29 is 13.5 Å². The Morgan fingerprint density at radius 1 is 1.45 bits per heavy atom. The van der Waals surface area contributed by atoms with E-state index >= 15 is 0 Å². The zero-order valence-corrected chi connectivity index (χ0v) is 12.9. The molecule has 0 spiro atoms. The van der Waals surface area contributed by atoms with E-state index in [4.69, 9.17) is 11.6 Å². The van der Waals surface area contributed by atoms with Gasteiger partial charge in [0.1, 0.15) is 0 Å². The van der Waals surface area contributed by atoms with Gasteiger partial charge in [0, 0.05) is 24.0 Å². The van der Waals surface area contributed by atoms with Gasteiger partial charge >= 0.3 is 6.61 Å². The predicted molar refractivity (Wildman–Crippen MR) is 78.5 cm³/mol. The normalized spacial score (nSPS) is 10.9. The standard InChI is InChI=1S/C13H12BrClF2N2O/c1-19-4-2-3-9(19)7-18-11-6-8(15)5-10(14)12(11)20-13(16)17/h2-6,13,18H,7H2,1H3. The molecule has 3 nitrogen and oxygen atoms in total. The van der Waals surface area contributed by atoms with Crippen LogP contribution >= 0.6 is 27.5 Å². The third-order valence-electron chi connectivity index (χ3n) is 2.73. The van der Waals surface area contributed by atoms with E-state index in [1.807, 2.05) is 29.9 Å². The fourth-order valence-corrected chi connectivity index (χ4v) is 2.67. The molecule has 0 fully saturated rings. The molecule has 0 radical (unpaired) electrons. The Bertz CT molecular complexity index is 604. The van der Waals surface area contributed by atoms with Crippen LogP contribution in [0.25, 0.3) is 0 Å². The van der Waals surface area contributed by atoms with Crippen LogP contribution in [-0.4, -0.2) is 11.2 Å². The summed E-state index contributed by atoms with van der Waals surface area (Å²) in [5, 5.41) is 3.47. The Kier molecular flexibility index (Phi) is 4.88. The van der Waals surface area contributed by atoms with Crippen molar-refractivity contribution in [2.75, 3.05) is 5.32 Å². The van der Waals surface area contributed by atoms with E-state index in [0.717, 1.165) is 5.69 Å².